The number of non-ortho nitro benzene ring substituents is 1. The number of hydroxylamine groups is 2. The molecule has 0 aliphatic heterocycles. The van der Waals surface area contributed by atoms with Crippen LogP contribution in [0.1, 0.15) is 28.5 Å². The van der Waals surface area contributed by atoms with Crippen molar-refractivity contribution in [3.8, 4) is 0 Å². The van der Waals surface area contributed by atoms with E-state index < -0.39 is 21.3 Å². The molecule has 2 aromatic carbocycles. The SMILES string of the molecule is Cc1cc(C)c(C(O)N(C)OS(=O)(=O)c2ccc([N+](=O)[O-])cc2)c(C)c1. The molecule has 0 aliphatic rings. The van der Waals surface area contributed by atoms with Gasteiger partial charge in [-0.15, -0.1) is 5.06 Å². The fourth-order valence-corrected chi connectivity index (χ4v) is 3.70. The second-order valence-electron chi connectivity index (χ2n) is 6.01. The van der Waals surface area contributed by atoms with E-state index in [4.69, 9.17) is 4.28 Å². The number of benzene rings is 2. The highest BCUT2D eigenvalue weighted by molar-refractivity contribution is 7.86. The van der Waals surface area contributed by atoms with E-state index in [1.807, 2.05) is 32.9 Å². The Hall–Kier alpha value is -2.33. The van der Waals surface area contributed by atoms with Gasteiger partial charge in [-0.1, -0.05) is 17.7 Å². The van der Waals surface area contributed by atoms with Crippen molar-refractivity contribution in [3.05, 3.63) is 68.8 Å². The van der Waals surface area contributed by atoms with Crippen molar-refractivity contribution < 1.29 is 22.7 Å². The van der Waals surface area contributed by atoms with Crippen molar-refractivity contribution in [1.82, 2.24) is 5.06 Å². The van der Waals surface area contributed by atoms with Gasteiger partial charge in [0.15, 0.2) is 6.23 Å². The minimum Gasteiger partial charge on any atom is -0.372 e. The second-order valence-corrected chi connectivity index (χ2v) is 7.54. The molecule has 140 valence electrons. The number of aliphatic hydroxyl groups excluding tert-OH is 1. The lowest BCUT2D eigenvalue weighted by Crippen LogP contribution is -2.29. The number of aryl methyl sites for hydroxylation is 3. The zero-order valence-electron chi connectivity index (χ0n) is 14.8. The first kappa shape index (κ1) is 20.0. The molecule has 0 heterocycles. The molecule has 0 spiro atoms. The van der Waals surface area contributed by atoms with E-state index in [-0.39, 0.29) is 10.6 Å². The fourth-order valence-electron chi connectivity index (χ4n) is 2.75. The van der Waals surface area contributed by atoms with Crippen molar-refractivity contribution in [2.45, 2.75) is 31.9 Å². The topological polar surface area (TPSA) is 110 Å². The second kappa shape index (κ2) is 7.50. The summed E-state index contributed by atoms with van der Waals surface area (Å²) in [5, 5.41) is 22.0. The molecule has 1 N–H and O–H groups in total. The third-order valence-corrected chi connectivity index (χ3v) is 5.17. The molecule has 0 aromatic heterocycles. The molecular formula is C17H20N2O6S. The molecular weight excluding hydrogens is 360 g/mol. The van der Waals surface area contributed by atoms with Gasteiger partial charge < -0.3 is 5.11 Å². The molecule has 2 rings (SSSR count). The van der Waals surface area contributed by atoms with Crippen molar-refractivity contribution >= 4 is 15.8 Å². The number of aliphatic hydroxyl groups is 1. The van der Waals surface area contributed by atoms with Crippen LogP contribution < -0.4 is 0 Å². The Balaban J connectivity index is 2.25. The van der Waals surface area contributed by atoms with Gasteiger partial charge in [-0.2, -0.15) is 12.7 Å². The minimum absolute atomic E-state index is 0.233. The Morgan fingerprint density at radius 2 is 1.62 bits per heavy atom. The highest BCUT2D eigenvalue weighted by Crippen LogP contribution is 2.27. The first-order valence-electron chi connectivity index (χ1n) is 7.70. The molecule has 1 unspecified atom stereocenters. The minimum atomic E-state index is -4.25. The largest absolute Gasteiger partial charge is 0.372 e. The van der Waals surface area contributed by atoms with Gasteiger partial charge in [0, 0.05) is 24.7 Å². The van der Waals surface area contributed by atoms with Crippen LogP contribution in [0.5, 0.6) is 0 Å². The van der Waals surface area contributed by atoms with Gasteiger partial charge in [-0.25, -0.2) is 0 Å². The maximum absolute atomic E-state index is 12.3. The standard InChI is InChI=1S/C17H20N2O6S/c1-11-9-12(2)16(13(3)10-11)17(20)18(4)25-26(23,24)15-7-5-14(6-8-15)19(21)22/h5-10,17,20H,1-4H3. The van der Waals surface area contributed by atoms with Crippen LogP contribution in [0.2, 0.25) is 0 Å². The van der Waals surface area contributed by atoms with Crippen LogP contribution in [-0.4, -0.2) is 30.6 Å². The van der Waals surface area contributed by atoms with E-state index in [1.54, 1.807) is 0 Å². The van der Waals surface area contributed by atoms with Gasteiger partial charge in [0.1, 0.15) is 0 Å². The van der Waals surface area contributed by atoms with Crippen molar-refractivity contribution in [1.29, 1.82) is 0 Å². The van der Waals surface area contributed by atoms with Gasteiger partial charge in [0.2, 0.25) is 0 Å². The number of rotatable bonds is 6. The maximum atomic E-state index is 12.3. The molecule has 1 atom stereocenters. The molecule has 0 fully saturated rings. The van der Waals surface area contributed by atoms with Crippen LogP contribution in [0.3, 0.4) is 0 Å². The van der Waals surface area contributed by atoms with Crippen molar-refractivity contribution in [2.75, 3.05) is 7.05 Å². The van der Waals surface area contributed by atoms with Crippen LogP contribution in [0.25, 0.3) is 0 Å². The van der Waals surface area contributed by atoms with E-state index in [0.29, 0.717) is 5.56 Å². The number of nitro benzene ring substituents is 1. The number of nitro groups is 1. The molecule has 0 amide bonds. The average molecular weight is 380 g/mol. The molecule has 0 aliphatic carbocycles. The van der Waals surface area contributed by atoms with Crippen molar-refractivity contribution in [3.63, 3.8) is 0 Å². The van der Waals surface area contributed by atoms with Crippen LogP contribution in [0, 0.1) is 30.9 Å². The summed E-state index contributed by atoms with van der Waals surface area (Å²) in [6.45, 7) is 5.56. The van der Waals surface area contributed by atoms with Gasteiger partial charge in [0.25, 0.3) is 5.69 Å². The molecule has 9 heteroatoms. The normalized spacial score (nSPS) is 13.0. The zero-order valence-corrected chi connectivity index (χ0v) is 15.6. The molecule has 0 saturated carbocycles. The maximum Gasteiger partial charge on any atom is 0.313 e. The Labute approximate surface area is 151 Å². The molecule has 8 nitrogen and oxygen atoms in total. The third-order valence-electron chi connectivity index (χ3n) is 3.89. The van der Waals surface area contributed by atoms with E-state index in [2.05, 4.69) is 0 Å². The lowest BCUT2D eigenvalue weighted by molar-refractivity contribution is -0.384. The van der Waals surface area contributed by atoms with E-state index >= 15 is 0 Å². The zero-order chi connectivity index (χ0) is 19.6. The van der Waals surface area contributed by atoms with Crippen LogP contribution in [0.4, 0.5) is 5.69 Å². The monoisotopic (exact) mass is 380 g/mol. The smallest absolute Gasteiger partial charge is 0.313 e. The van der Waals surface area contributed by atoms with E-state index in [1.165, 1.54) is 7.05 Å². The third kappa shape index (κ3) is 4.25. The van der Waals surface area contributed by atoms with Gasteiger partial charge in [0.05, 0.1) is 9.82 Å². The summed E-state index contributed by atoms with van der Waals surface area (Å²) < 4.78 is 29.6. The first-order valence-corrected chi connectivity index (χ1v) is 9.11. The summed E-state index contributed by atoms with van der Waals surface area (Å²) in [6, 6.07) is 8.06. The van der Waals surface area contributed by atoms with Gasteiger partial charge >= 0.3 is 10.1 Å². The lowest BCUT2D eigenvalue weighted by atomic mass is 9.98. The predicted octanol–water partition coefficient (Wildman–Crippen LogP) is 2.76. The summed E-state index contributed by atoms with van der Waals surface area (Å²) in [7, 11) is -2.95. The molecule has 0 radical (unpaired) electrons. The Morgan fingerprint density at radius 3 is 2.08 bits per heavy atom. The highest BCUT2D eigenvalue weighted by Gasteiger charge is 2.26. The Kier molecular flexibility index (Phi) is 5.77. The summed E-state index contributed by atoms with van der Waals surface area (Å²) in [4.78, 5) is 9.78. The predicted molar refractivity (Wildman–Crippen MR) is 94.7 cm³/mol. The molecule has 26 heavy (non-hydrogen) atoms. The Bertz CT molecular complexity index is 902. The molecule has 2 aromatic rings. The molecule has 0 bridgehead atoms. The summed E-state index contributed by atoms with van der Waals surface area (Å²) in [6.07, 6.45) is -1.30. The molecule has 0 saturated heterocycles. The number of hydrogen-bond donors (Lipinski definition) is 1. The first-order chi connectivity index (χ1) is 12.0. The van der Waals surface area contributed by atoms with Crippen LogP contribution in [-0.2, 0) is 14.4 Å². The van der Waals surface area contributed by atoms with Gasteiger partial charge in [-0.05, 0) is 44.0 Å². The summed E-state index contributed by atoms with van der Waals surface area (Å²) in [5.74, 6) is 0. The van der Waals surface area contributed by atoms with Crippen LogP contribution in [0.15, 0.2) is 41.3 Å². The van der Waals surface area contributed by atoms with E-state index in [0.717, 1.165) is 46.0 Å². The van der Waals surface area contributed by atoms with E-state index in [9.17, 15) is 23.6 Å². The Morgan fingerprint density at radius 1 is 1.12 bits per heavy atom. The number of nitrogens with zero attached hydrogens (tertiary/aromatic N) is 2. The average Bonchev–Trinajstić information content (AvgIpc) is 2.53. The fraction of sp³-hybridized carbons (Fsp3) is 0.294. The van der Waals surface area contributed by atoms with Crippen LogP contribution >= 0.6 is 0 Å². The van der Waals surface area contributed by atoms with Crippen molar-refractivity contribution in [2.24, 2.45) is 0 Å². The highest BCUT2D eigenvalue weighted by atomic mass is 32.2. The quantitative estimate of drug-likeness (QED) is 0.466. The number of hydrogen-bond acceptors (Lipinski definition) is 7. The summed E-state index contributed by atoms with van der Waals surface area (Å²) >= 11 is 0. The summed E-state index contributed by atoms with van der Waals surface area (Å²) in [5.41, 5.74) is 2.95. The lowest BCUT2D eigenvalue weighted by Gasteiger charge is -2.25. The van der Waals surface area contributed by atoms with Gasteiger partial charge in [-0.3, -0.25) is 10.1 Å².